The molecule has 100 valence electrons. The maximum absolute atomic E-state index is 13.7. The second kappa shape index (κ2) is 6.33. The molecule has 0 amide bonds. The van der Waals surface area contributed by atoms with Gasteiger partial charge in [-0.3, -0.25) is 4.90 Å². The normalized spacial score (nSPS) is 25.3. The van der Waals surface area contributed by atoms with Gasteiger partial charge in [0.15, 0.2) is 0 Å². The number of nitrogens with zero attached hydrogens (tertiary/aromatic N) is 1. The number of benzene rings is 1. The van der Waals surface area contributed by atoms with Gasteiger partial charge in [0.1, 0.15) is 5.82 Å². The summed E-state index contributed by atoms with van der Waals surface area (Å²) in [5.41, 5.74) is 0.701. The monoisotopic (exact) mass is 335 g/mol. The van der Waals surface area contributed by atoms with Gasteiger partial charge in [0.2, 0.25) is 0 Å². The van der Waals surface area contributed by atoms with Crippen LogP contribution < -0.4 is 0 Å². The molecule has 2 atom stereocenters. The summed E-state index contributed by atoms with van der Waals surface area (Å²) in [7, 11) is 0. The number of morpholine rings is 1. The highest BCUT2D eigenvalue weighted by molar-refractivity contribution is 9.10. The Morgan fingerprint density at radius 2 is 2.28 bits per heavy atom. The molecule has 2 unspecified atom stereocenters. The smallest absolute Gasteiger partial charge is 0.127 e. The predicted molar refractivity (Wildman–Crippen MR) is 74.4 cm³/mol. The number of hydrogen-bond acceptors (Lipinski definition) is 2. The van der Waals surface area contributed by atoms with Crippen molar-refractivity contribution in [1.82, 2.24) is 4.90 Å². The summed E-state index contributed by atoms with van der Waals surface area (Å²) in [6.45, 7) is 4.16. The van der Waals surface area contributed by atoms with E-state index in [1.807, 2.05) is 13.0 Å². The first-order valence-corrected chi connectivity index (χ1v) is 7.29. The van der Waals surface area contributed by atoms with Crippen LogP contribution in [0.25, 0.3) is 0 Å². The molecule has 2 nitrogen and oxygen atoms in total. The molecule has 0 radical (unpaired) electrons. The number of rotatable bonds is 3. The van der Waals surface area contributed by atoms with Gasteiger partial charge in [-0.05, 0) is 25.1 Å². The van der Waals surface area contributed by atoms with Crippen molar-refractivity contribution in [3.8, 4) is 0 Å². The maximum atomic E-state index is 13.7. The van der Waals surface area contributed by atoms with E-state index < -0.39 is 0 Å². The van der Waals surface area contributed by atoms with Crippen LogP contribution in [-0.2, 0) is 11.3 Å². The van der Waals surface area contributed by atoms with E-state index in [-0.39, 0.29) is 18.0 Å². The molecule has 18 heavy (non-hydrogen) atoms. The third-order valence-electron chi connectivity index (χ3n) is 2.98. The Balaban J connectivity index is 2.06. The third-order valence-corrected chi connectivity index (χ3v) is 3.81. The van der Waals surface area contributed by atoms with Crippen LogP contribution in [0.3, 0.4) is 0 Å². The van der Waals surface area contributed by atoms with E-state index in [4.69, 9.17) is 16.3 Å². The van der Waals surface area contributed by atoms with Gasteiger partial charge < -0.3 is 4.74 Å². The van der Waals surface area contributed by atoms with E-state index in [0.29, 0.717) is 18.0 Å². The first-order valence-electron chi connectivity index (χ1n) is 5.96. The van der Waals surface area contributed by atoms with Crippen LogP contribution in [0.2, 0.25) is 0 Å². The Morgan fingerprint density at radius 1 is 1.50 bits per heavy atom. The lowest BCUT2D eigenvalue weighted by molar-refractivity contribution is -0.0691. The molecule has 1 aliphatic rings. The van der Waals surface area contributed by atoms with Crippen LogP contribution in [0.5, 0.6) is 0 Å². The summed E-state index contributed by atoms with van der Waals surface area (Å²) in [5, 5.41) is 0. The minimum Gasteiger partial charge on any atom is -0.371 e. The molecule has 0 aromatic heterocycles. The molecule has 1 saturated heterocycles. The molecule has 5 heteroatoms. The van der Waals surface area contributed by atoms with Gasteiger partial charge >= 0.3 is 0 Å². The fourth-order valence-electron chi connectivity index (χ4n) is 2.26. The topological polar surface area (TPSA) is 12.5 Å². The van der Waals surface area contributed by atoms with Gasteiger partial charge in [-0.1, -0.05) is 15.9 Å². The van der Waals surface area contributed by atoms with Crippen molar-refractivity contribution in [2.75, 3.05) is 19.0 Å². The molecule has 0 aliphatic carbocycles. The SMILES string of the molecule is CC1CN(Cc2cc(Br)ccc2F)CC(CCl)O1. The summed E-state index contributed by atoms with van der Waals surface area (Å²) < 4.78 is 20.3. The van der Waals surface area contributed by atoms with E-state index in [2.05, 4.69) is 20.8 Å². The van der Waals surface area contributed by atoms with Gasteiger partial charge in [0.05, 0.1) is 12.2 Å². The zero-order valence-electron chi connectivity index (χ0n) is 10.2. The summed E-state index contributed by atoms with van der Waals surface area (Å²) in [6.07, 6.45) is 0.170. The largest absolute Gasteiger partial charge is 0.371 e. The Morgan fingerprint density at radius 3 is 3.00 bits per heavy atom. The zero-order chi connectivity index (χ0) is 13.1. The van der Waals surface area contributed by atoms with Crippen molar-refractivity contribution >= 4 is 27.5 Å². The van der Waals surface area contributed by atoms with Gasteiger partial charge in [-0.15, -0.1) is 11.6 Å². The molecule has 1 fully saturated rings. The van der Waals surface area contributed by atoms with Gasteiger partial charge in [-0.2, -0.15) is 0 Å². The van der Waals surface area contributed by atoms with Crippen LogP contribution in [0.15, 0.2) is 22.7 Å². The number of ether oxygens (including phenoxy) is 1. The summed E-state index contributed by atoms with van der Waals surface area (Å²) in [6, 6.07) is 5.02. The molecule has 0 N–H and O–H groups in total. The minimum atomic E-state index is -0.167. The van der Waals surface area contributed by atoms with Crippen LogP contribution in [0, 0.1) is 5.82 Å². The van der Waals surface area contributed by atoms with Crippen molar-refractivity contribution < 1.29 is 9.13 Å². The fourth-order valence-corrected chi connectivity index (χ4v) is 2.84. The Bertz CT molecular complexity index is 418. The summed E-state index contributed by atoms with van der Waals surface area (Å²) >= 11 is 9.20. The van der Waals surface area contributed by atoms with Crippen molar-refractivity contribution in [3.63, 3.8) is 0 Å². The first kappa shape index (κ1) is 14.3. The molecule has 1 aromatic rings. The van der Waals surface area contributed by atoms with Crippen molar-refractivity contribution in [3.05, 3.63) is 34.1 Å². The molecule has 1 aliphatic heterocycles. The highest BCUT2D eigenvalue weighted by Crippen LogP contribution is 2.20. The lowest BCUT2D eigenvalue weighted by Gasteiger charge is -2.36. The molecule has 1 aromatic carbocycles. The highest BCUT2D eigenvalue weighted by Gasteiger charge is 2.25. The number of alkyl halides is 1. The Hall–Kier alpha value is -0.160. The van der Waals surface area contributed by atoms with Crippen LogP contribution in [0.1, 0.15) is 12.5 Å². The van der Waals surface area contributed by atoms with E-state index in [1.54, 1.807) is 6.07 Å². The number of hydrogen-bond donors (Lipinski definition) is 0. The average molecular weight is 337 g/mol. The zero-order valence-corrected chi connectivity index (χ0v) is 12.5. The average Bonchev–Trinajstić information content (AvgIpc) is 2.33. The lowest BCUT2D eigenvalue weighted by atomic mass is 10.1. The van der Waals surface area contributed by atoms with Gasteiger partial charge in [-0.25, -0.2) is 4.39 Å². The second-order valence-corrected chi connectivity index (χ2v) is 5.88. The third kappa shape index (κ3) is 3.67. The molecular formula is C13H16BrClFNO. The standard InChI is InChI=1S/C13H16BrClFNO/c1-9-6-17(8-12(5-15)18-9)7-10-4-11(14)2-3-13(10)16/h2-4,9,12H,5-8H2,1H3. The molecule has 0 bridgehead atoms. The summed E-state index contributed by atoms with van der Waals surface area (Å²) in [5.74, 6) is 0.307. The number of halogens is 3. The van der Waals surface area contributed by atoms with Crippen LogP contribution in [0.4, 0.5) is 4.39 Å². The minimum absolute atomic E-state index is 0.0330. The first-order chi connectivity index (χ1) is 8.58. The van der Waals surface area contributed by atoms with Crippen molar-refractivity contribution in [2.24, 2.45) is 0 Å². The quantitative estimate of drug-likeness (QED) is 0.784. The predicted octanol–water partition coefficient (Wildman–Crippen LogP) is 3.42. The highest BCUT2D eigenvalue weighted by atomic mass is 79.9. The van der Waals surface area contributed by atoms with E-state index in [9.17, 15) is 4.39 Å². The molecular weight excluding hydrogens is 321 g/mol. The van der Waals surface area contributed by atoms with Crippen LogP contribution >= 0.6 is 27.5 Å². The Kier molecular flexibility index (Phi) is 5.01. The van der Waals surface area contributed by atoms with Crippen molar-refractivity contribution in [1.29, 1.82) is 0 Å². The molecule has 1 heterocycles. The lowest BCUT2D eigenvalue weighted by Crippen LogP contribution is -2.46. The van der Waals surface area contributed by atoms with Crippen LogP contribution in [-0.4, -0.2) is 36.1 Å². The summed E-state index contributed by atoms with van der Waals surface area (Å²) in [4.78, 5) is 2.19. The molecule has 0 spiro atoms. The van der Waals surface area contributed by atoms with E-state index in [0.717, 1.165) is 17.6 Å². The van der Waals surface area contributed by atoms with E-state index in [1.165, 1.54) is 6.07 Å². The van der Waals surface area contributed by atoms with Gasteiger partial charge in [0, 0.05) is 35.6 Å². The second-order valence-electron chi connectivity index (χ2n) is 4.65. The molecule has 0 saturated carbocycles. The van der Waals surface area contributed by atoms with Crippen molar-refractivity contribution in [2.45, 2.75) is 25.7 Å². The maximum Gasteiger partial charge on any atom is 0.127 e. The van der Waals surface area contributed by atoms with E-state index >= 15 is 0 Å². The van der Waals surface area contributed by atoms with Gasteiger partial charge in [0.25, 0.3) is 0 Å². The fraction of sp³-hybridized carbons (Fsp3) is 0.538. The Labute approximate surface area is 120 Å². The molecule has 2 rings (SSSR count).